The van der Waals surface area contributed by atoms with Crippen molar-refractivity contribution in [1.82, 2.24) is 0 Å². The summed E-state index contributed by atoms with van der Waals surface area (Å²) in [5.74, 6) is -5.55. The number of anilines is 2. The largest absolute Gasteiger partial charge is 0.548 e. The smallest absolute Gasteiger partial charge is 0.143 e. The molecular weight excluding hydrogens is 514 g/mol. The molecule has 0 fully saturated rings. The molecule has 0 heterocycles. The van der Waals surface area contributed by atoms with Crippen LogP contribution in [0.4, 0.5) is 11.4 Å². The van der Waals surface area contributed by atoms with Gasteiger partial charge in [-0.15, -0.1) is 0 Å². The second-order valence-corrected chi connectivity index (χ2v) is 8.63. The third-order valence-corrected chi connectivity index (χ3v) is 5.41. The number of quaternary nitrogens is 1. The fraction of sp³-hybridized carbons (Fsp3) is 0.385. The van der Waals surface area contributed by atoms with E-state index in [9.17, 15) is 39.6 Å². The molecule has 0 saturated carbocycles. The number of carbonyl (C=O) groups excluding carboxylic acids is 4. The Balaban J connectivity index is 2.26. The number of aryl methyl sites for hydroxylation is 2. The topological polar surface area (TPSA) is 213 Å². The van der Waals surface area contributed by atoms with Gasteiger partial charge in [-0.1, -0.05) is 12.1 Å². The summed E-state index contributed by atoms with van der Waals surface area (Å²) in [7, 11) is 0. The van der Waals surface area contributed by atoms with Gasteiger partial charge in [-0.2, -0.15) is 0 Å². The van der Waals surface area contributed by atoms with Gasteiger partial charge >= 0.3 is 0 Å². The Kier molecular flexibility index (Phi) is 11.8. The van der Waals surface area contributed by atoms with Gasteiger partial charge < -0.3 is 64.6 Å². The monoisotopic (exact) mass is 544 g/mol. The number of aliphatic carboxylic acids is 4. The molecule has 2 aromatic rings. The highest BCUT2D eigenvalue weighted by Crippen LogP contribution is 2.31. The Labute approximate surface area is 225 Å². The molecular formula is C26H30N3O10-3. The number of nitrogens with zero attached hydrogens (tertiary/aromatic N) is 2. The summed E-state index contributed by atoms with van der Waals surface area (Å²) < 4.78 is 11.6. The fourth-order valence-corrected chi connectivity index (χ4v) is 3.80. The molecule has 0 aromatic heterocycles. The van der Waals surface area contributed by atoms with Crippen molar-refractivity contribution in [2.24, 2.45) is 0 Å². The van der Waals surface area contributed by atoms with E-state index in [1.54, 1.807) is 37.3 Å². The molecule has 0 bridgehead atoms. The number of hydrogen-bond donors (Lipinski definition) is 1. The van der Waals surface area contributed by atoms with E-state index in [0.29, 0.717) is 13.0 Å². The van der Waals surface area contributed by atoms with Crippen LogP contribution in [-0.2, 0) is 25.6 Å². The summed E-state index contributed by atoms with van der Waals surface area (Å²) in [6, 6.07) is 9.72. The van der Waals surface area contributed by atoms with Crippen LogP contribution in [0, 0.1) is 6.92 Å². The molecule has 0 saturated heterocycles. The molecule has 0 aliphatic heterocycles. The van der Waals surface area contributed by atoms with E-state index in [0.717, 1.165) is 27.3 Å². The lowest BCUT2D eigenvalue weighted by molar-refractivity contribution is -0.368. The lowest BCUT2D eigenvalue weighted by atomic mass is 10.1. The third kappa shape index (κ3) is 10.4. The van der Waals surface area contributed by atoms with Crippen molar-refractivity contribution in [2.75, 3.05) is 55.7 Å². The summed E-state index contributed by atoms with van der Waals surface area (Å²) >= 11 is 0. The molecule has 0 aliphatic carbocycles. The average molecular weight is 545 g/mol. The number of benzene rings is 2. The number of rotatable bonds is 18. The highest BCUT2D eigenvalue weighted by atomic mass is 16.5. The predicted octanol–water partition coefficient (Wildman–Crippen LogP) is -4.76. The van der Waals surface area contributed by atoms with Crippen molar-refractivity contribution in [2.45, 2.75) is 19.8 Å². The van der Waals surface area contributed by atoms with Crippen molar-refractivity contribution in [3.8, 4) is 11.5 Å². The maximum atomic E-state index is 11.2. The zero-order valence-electron chi connectivity index (χ0n) is 21.5. The van der Waals surface area contributed by atoms with E-state index in [2.05, 4.69) is 5.73 Å². The van der Waals surface area contributed by atoms with Gasteiger partial charge in [0.25, 0.3) is 0 Å². The van der Waals surface area contributed by atoms with Gasteiger partial charge in [-0.05, 0) is 48.7 Å². The quantitative estimate of drug-likeness (QED) is 0.175. The standard InChI is InChI=1S/C26H33N3O10/c1-17-4-6-19(28(13-23(30)31)14-24(32)33)21(11-17)38-9-10-39-22-12-18(3-2-8-27)5-7-20(22)29(15-25(34)35)16-26(36)37/h4-7,11-12H,2-3,8-10,13-16,27H2,1H3,(H,30,31)(H,32,33)(H,34,35)(H,36,37)/p-3. The Morgan fingerprint density at radius 3 is 1.59 bits per heavy atom. The van der Waals surface area contributed by atoms with Crippen LogP contribution in [0.3, 0.4) is 0 Å². The third-order valence-electron chi connectivity index (χ3n) is 5.41. The van der Waals surface area contributed by atoms with Gasteiger partial charge in [0.2, 0.25) is 0 Å². The Morgan fingerprint density at radius 2 is 1.15 bits per heavy atom. The van der Waals surface area contributed by atoms with E-state index in [1.165, 1.54) is 6.07 Å². The number of carbonyl (C=O) groups is 4. The molecule has 0 spiro atoms. The maximum absolute atomic E-state index is 11.2. The number of carboxylic acid groups (broad SMARTS) is 4. The van der Waals surface area contributed by atoms with E-state index in [1.807, 2.05) is 0 Å². The number of ether oxygens (including phenoxy) is 2. The normalized spacial score (nSPS) is 10.5. The zero-order valence-corrected chi connectivity index (χ0v) is 21.5. The van der Waals surface area contributed by atoms with Crippen LogP contribution in [0.1, 0.15) is 17.5 Å². The van der Waals surface area contributed by atoms with Crippen molar-refractivity contribution >= 4 is 35.3 Å². The predicted molar refractivity (Wildman–Crippen MR) is 129 cm³/mol. The first-order valence-electron chi connectivity index (χ1n) is 12.1. The molecule has 0 unspecified atom stereocenters. The maximum Gasteiger partial charge on any atom is 0.143 e. The van der Waals surface area contributed by atoms with Crippen LogP contribution < -0.4 is 45.4 Å². The Hall–Kier alpha value is -4.52. The molecule has 0 aliphatic rings. The first-order chi connectivity index (χ1) is 18.5. The van der Waals surface area contributed by atoms with Crippen LogP contribution in [0.15, 0.2) is 36.4 Å². The summed E-state index contributed by atoms with van der Waals surface area (Å²) in [5.41, 5.74) is 5.82. The van der Waals surface area contributed by atoms with Gasteiger partial charge in [-0.3, -0.25) is 0 Å². The van der Waals surface area contributed by atoms with E-state index >= 15 is 0 Å². The Bertz CT molecular complexity index is 1140. The molecule has 0 amide bonds. The molecule has 3 N–H and O–H groups in total. The van der Waals surface area contributed by atoms with Crippen LogP contribution in [0.2, 0.25) is 0 Å². The summed E-state index contributed by atoms with van der Waals surface area (Å²) in [6.07, 6.45) is 1.45. The lowest BCUT2D eigenvalue weighted by Crippen LogP contribution is -2.50. The highest BCUT2D eigenvalue weighted by molar-refractivity contribution is 5.80. The minimum absolute atomic E-state index is 0.0787. The second-order valence-electron chi connectivity index (χ2n) is 8.63. The summed E-state index contributed by atoms with van der Waals surface area (Å²) in [5, 5.41) is 44.8. The van der Waals surface area contributed by atoms with Gasteiger partial charge in [0, 0.05) is 6.42 Å². The van der Waals surface area contributed by atoms with Gasteiger partial charge in [0.15, 0.2) is 0 Å². The van der Waals surface area contributed by atoms with Crippen LogP contribution >= 0.6 is 0 Å². The minimum atomic E-state index is -1.49. The zero-order chi connectivity index (χ0) is 28.9. The summed E-state index contributed by atoms with van der Waals surface area (Å²) in [6.45, 7) is -0.535. The van der Waals surface area contributed by atoms with Crippen molar-refractivity contribution in [3.05, 3.63) is 47.5 Å². The average Bonchev–Trinajstić information content (AvgIpc) is 2.83. The summed E-state index contributed by atoms with van der Waals surface area (Å²) in [4.78, 5) is 46.9. The van der Waals surface area contributed by atoms with E-state index in [4.69, 9.17) is 9.47 Å². The number of hydrogen-bond acceptors (Lipinski definition) is 12. The van der Waals surface area contributed by atoms with Crippen molar-refractivity contribution in [1.29, 1.82) is 0 Å². The van der Waals surface area contributed by atoms with Gasteiger partial charge in [0.05, 0.1) is 68.0 Å². The first kappa shape index (κ1) is 30.7. The Morgan fingerprint density at radius 1 is 0.718 bits per heavy atom. The first-order valence-corrected chi connectivity index (χ1v) is 12.1. The molecule has 2 rings (SSSR count). The highest BCUT2D eigenvalue weighted by Gasteiger charge is 2.16. The molecule has 13 nitrogen and oxygen atoms in total. The molecule has 0 radical (unpaired) electrons. The molecule has 2 aromatic carbocycles. The molecule has 0 atom stereocenters. The lowest BCUT2D eigenvalue weighted by Gasteiger charge is -2.28. The molecule has 39 heavy (non-hydrogen) atoms. The van der Waals surface area contributed by atoms with E-state index < -0.39 is 50.1 Å². The van der Waals surface area contributed by atoms with E-state index in [-0.39, 0.29) is 36.1 Å². The number of carboxylic acids is 4. The molecule has 212 valence electrons. The SMILES string of the molecule is Cc1ccc(N(CC(=O)[O-])CC(=O)[O-])c(OCCOc2cc(CCC[NH3+])ccc2N(CC(=O)[O-])CC(=O)[O-])c1. The van der Waals surface area contributed by atoms with Crippen molar-refractivity contribution < 1.29 is 54.8 Å². The molecule has 13 heteroatoms. The van der Waals surface area contributed by atoms with Gasteiger partial charge in [0.1, 0.15) is 24.7 Å². The van der Waals surface area contributed by atoms with Crippen LogP contribution in [0.25, 0.3) is 0 Å². The van der Waals surface area contributed by atoms with Crippen LogP contribution in [0.5, 0.6) is 11.5 Å². The second kappa shape index (κ2) is 15.0. The van der Waals surface area contributed by atoms with Crippen molar-refractivity contribution in [3.63, 3.8) is 0 Å². The fourth-order valence-electron chi connectivity index (χ4n) is 3.80. The van der Waals surface area contributed by atoms with Crippen LogP contribution in [-0.4, -0.2) is 69.8 Å². The van der Waals surface area contributed by atoms with Gasteiger partial charge in [-0.25, -0.2) is 0 Å². The minimum Gasteiger partial charge on any atom is -0.548 e.